The summed E-state index contributed by atoms with van der Waals surface area (Å²) in [5.74, 6) is 1.16. The van der Waals surface area contributed by atoms with Gasteiger partial charge in [0.1, 0.15) is 23.9 Å². The summed E-state index contributed by atoms with van der Waals surface area (Å²) in [5.41, 5.74) is 0.753. The number of ether oxygens (including phenoxy) is 1. The maximum atomic E-state index is 12.6. The van der Waals surface area contributed by atoms with Gasteiger partial charge < -0.3 is 9.15 Å². The van der Waals surface area contributed by atoms with E-state index >= 15 is 0 Å². The topological polar surface area (TPSA) is 59.8 Å². The standard InChI is InChI=1S/C22H15Cl2NO4S/c23-16-6-2-1-5-15(16)18-10-9-14(29-18)13-20-21(26)25(22(27)30-20)11-12-28-19-8-4-3-7-17(19)24/h1-10,13H,11-12H2/b20-13-. The van der Waals surface area contributed by atoms with Crippen molar-refractivity contribution in [3.63, 3.8) is 0 Å². The Balaban J connectivity index is 1.43. The van der Waals surface area contributed by atoms with Crippen molar-refractivity contribution in [2.45, 2.75) is 0 Å². The maximum absolute atomic E-state index is 12.6. The number of nitrogens with zero attached hydrogens (tertiary/aromatic N) is 1. The highest BCUT2D eigenvalue weighted by atomic mass is 35.5. The minimum absolute atomic E-state index is 0.121. The van der Waals surface area contributed by atoms with E-state index in [9.17, 15) is 9.59 Å². The van der Waals surface area contributed by atoms with Crippen molar-refractivity contribution in [1.82, 2.24) is 4.90 Å². The molecule has 0 atom stereocenters. The van der Waals surface area contributed by atoms with Gasteiger partial charge in [-0.15, -0.1) is 0 Å². The maximum Gasteiger partial charge on any atom is 0.293 e. The highest BCUT2D eigenvalue weighted by Gasteiger charge is 2.35. The van der Waals surface area contributed by atoms with Crippen molar-refractivity contribution in [3.8, 4) is 17.1 Å². The number of hydrogen-bond acceptors (Lipinski definition) is 5. The van der Waals surface area contributed by atoms with Gasteiger partial charge in [-0.2, -0.15) is 0 Å². The predicted octanol–water partition coefficient (Wildman–Crippen LogP) is 6.37. The summed E-state index contributed by atoms with van der Waals surface area (Å²) < 4.78 is 11.4. The Morgan fingerprint density at radius 3 is 2.47 bits per heavy atom. The van der Waals surface area contributed by atoms with Gasteiger partial charge in [-0.3, -0.25) is 14.5 Å². The molecule has 152 valence electrons. The molecular weight excluding hydrogens is 445 g/mol. The zero-order chi connectivity index (χ0) is 21.1. The molecule has 0 unspecified atom stereocenters. The molecule has 5 nitrogen and oxygen atoms in total. The average Bonchev–Trinajstić information content (AvgIpc) is 3.29. The highest BCUT2D eigenvalue weighted by molar-refractivity contribution is 8.18. The van der Waals surface area contributed by atoms with E-state index in [2.05, 4.69) is 0 Å². The van der Waals surface area contributed by atoms with Crippen LogP contribution in [0.5, 0.6) is 5.75 Å². The van der Waals surface area contributed by atoms with Crippen LogP contribution in [0.1, 0.15) is 5.76 Å². The van der Waals surface area contributed by atoms with E-state index in [1.807, 2.05) is 18.2 Å². The molecule has 2 amide bonds. The molecule has 4 rings (SSSR count). The molecule has 3 aromatic rings. The van der Waals surface area contributed by atoms with Gasteiger partial charge in [-0.1, -0.05) is 47.5 Å². The number of amides is 2. The molecule has 0 aliphatic carbocycles. The van der Waals surface area contributed by atoms with Gasteiger partial charge in [-0.05, 0) is 48.2 Å². The molecule has 0 spiro atoms. The van der Waals surface area contributed by atoms with E-state index in [-0.39, 0.29) is 29.2 Å². The Bertz CT molecular complexity index is 1140. The molecule has 0 bridgehead atoms. The molecule has 0 radical (unpaired) electrons. The van der Waals surface area contributed by atoms with Crippen LogP contribution in [-0.4, -0.2) is 29.2 Å². The largest absolute Gasteiger partial charge is 0.490 e. The van der Waals surface area contributed by atoms with Gasteiger partial charge in [0.15, 0.2) is 0 Å². The van der Waals surface area contributed by atoms with Crippen LogP contribution in [0.3, 0.4) is 0 Å². The van der Waals surface area contributed by atoms with Crippen molar-refractivity contribution in [2.24, 2.45) is 0 Å². The molecule has 1 fully saturated rings. The van der Waals surface area contributed by atoms with Gasteiger partial charge in [0, 0.05) is 11.6 Å². The minimum Gasteiger partial charge on any atom is -0.490 e. The summed E-state index contributed by atoms with van der Waals surface area (Å²) in [4.78, 5) is 26.3. The first-order valence-corrected chi connectivity index (χ1v) is 10.6. The first-order valence-electron chi connectivity index (χ1n) is 9.00. The van der Waals surface area contributed by atoms with Crippen molar-refractivity contribution >= 4 is 52.2 Å². The quantitative estimate of drug-likeness (QED) is 0.400. The third-order valence-electron chi connectivity index (χ3n) is 4.32. The number of para-hydroxylation sites is 1. The van der Waals surface area contributed by atoms with Gasteiger partial charge in [0.25, 0.3) is 11.1 Å². The Labute approximate surface area is 187 Å². The van der Waals surface area contributed by atoms with Crippen LogP contribution < -0.4 is 4.74 Å². The van der Waals surface area contributed by atoms with Gasteiger partial charge in [0.2, 0.25) is 0 Å². The fraction of sp³-hybridized carbons (Fsp3) is 0.0909. The Morgan fingerprint density at radius 2 is 1.70 bits per heavy atom. The Morgan fingerprint density at radius 1 is 0.967 bits per heavy atom. The van der Waals surface area contributed by atoms with E-state index in [1.54, 1.807) is 48.5 Å². The van der Waals surface area contributed by atoms with Gasteiger partial charge in [0.05, 0.1) is 21.5 Å². The van der Waals surface area contributed by atoms with Gasteiger partial charge >= 0.3 is 0 Å². The zero-order valence-corrected chi connectivity index (χ0v) is 17.8. The number of carbonyl (C=O) groups excluding carboxylic acids is 2. The number of hydrogen-bond donors (Lipinski definition) is 0. The highest BCUT2D eigenvalue weighted by Crippen LogP contribution is 2.34. The second kappa shape index (κ2) is 9.00. The van der Waals surface area contributed by atoms with E-state index in [1.165, 1.54) is 0 Å². The van der Waals surface area contributed by atoms with E-state index in [4.69, 9.17) is 32.4 Å². The predicted molar refractivity (Wildman–Crippen MR) is 119 cm³/mol. The fourth-order valence-corrected chi connectivity index (χ4v) is 4.13. The van der Waals surface area contributed by atoms with Crippen LogP contribution >= 0.6 is 35.0 Å². The van der Waals surface area contributed by atoms with Gasteiger partial charge in [-0.25, -0.2) is 0 Å². The lowest BCUT2D eigenvalue weighted by Crippen LogP contribution is -2.32. The van der Waals surface area contributed by atoms with Crippen molar-refractivity contribution < 1.29 is 18.7 Å². The van der Waals surface area contributed by atoms with E-state index < -0.39 is 0 Å². The number of carbonyl (C=O) groups is 2. The Kier molecular flexibility index (Phi) is 6.18. The second-order valence-electron chi connectivity index (χ2n) is 6.29. The average molecular weight is 460 g/mol. The monoisotopic (exact) mass is 459 g/mol. The third-order valence-corrected chi connectivity index (χ3v) is 5.87. The summed E-state index contributed by atoms with van der Waals surface area (Å²) >= 11 is 13.1. The molecule has 0 N–H and O–H groups in total. The van der Waals surface area contributed by atoms with Crippen LogP contribution in [0, 0.1) is 0 Å². The lowest BCUT2D eigenvalue weighted by molar-refractivity contribution is -0.123. The smallest absolute Gasteiger partial charge is 0.293 e. The summed E-state index contributed by atoms with van der Waals surface area (Å²) in [5, 5.41) is 0.683. The summed E-state index contributed by atoms with van der Waals surface area (Å²) in [6.45, 7) is 0.267. The first kappa shape index (κ1) is 20.6. The number of furan rings is 1. The van der Waals surface area contributed by atoms with Crippen molar-refractivity contribution in [3.05, 3.63) is 81.4 Å². The molecule has 2 aromatic carbocycles. The van der Waals surface area contributed by atoms with Crippen LogP contribution in [0.4, 0.5) is 4.79 Å². The summed E-state index contributed by atoms with van der Waals surface area (Å²) in [7, 11) is 0. The van der Waals surface area contributed by atoms with E-state index in [0.29, 0.717) is 27.3 Å². The molecule has 0 saturated carbocycles. The number of halogens is 2. The molecule has 1 aliphatic heterocycles. The minimum atomic E-state index is -0.386. The van der Waals surface area contributed by atoms with Crippen LogP contribution in [0.2, 0.25) is 10.0 Å². The zero-order valence-electron chi connectivity index (χ0n) is 15.5. The summed E-state index contributed by atoms with van der Waals surface area (Å²) in [6.07, 6.45) is 1.56. The molecule has 8 heteroatoms. The van der Waals surface area contributed by atoms with Crippen molar-refractivity contribution in [1.29, 1.82) is 0 Å². The lowest BCUT2D eigenvalue weighted by atomic mass is 10.2. The number of rotatable bonds is 6. The molecule has 2 heterocycles. The second-order valence-corrected chi connectivity index (χ2v) is 8.10. The molecular formula is C22H15Cl2NO4S. The van der Waals surface area contributed by atoms with Crippen LogP contribution in [0.25, 0.3) is 17.4 Å². The Hall–Kier alpha value is -2.67. The lowest BCUT2D eigenvalue weighted by Gasteiger charge is -2.13. The number of thioether (sulfide) groups is 1. The van der Waals surface area contributed by atoms with E-state index in [0.717, 1.165) is 22.2 Å². The molecule has 1 aromatic heterocycles. The first-order chi connectivity index (χ1) is 14.5. The van der Waals surface area contributed by atoms with Crippen molar-refractivity contribution in [2.75, 3.05) is 13.2 Å². The number of benzene rings is 2. The summed E-state index contributed by atoms with van der Waals surface area (Å²) in [6, 6.07) is 17.8. The normalized spacial score (nSPS) is 15.3. The van der Waals surface area contributed by atoms with Crippen LogP contribution in [0.15, 0.2) is 70.0 Å². The van der Waals surface area contributed by atoms with Crippen LogP contribution in [-0.2, 0) is 4.79 Å². The fourth-order valence-electron chi connectivity index (χ4n) is 2.87. The third kappa shape index (κ3) is 4.41. The molecule has 1 aliphatic rings. The molecule has 1 saturated heterocycles. The number of imide groups is 1. The molecule has 30 heavy (non-hydrogen) atoms. The SMILES string of the molecule is O=C1S/C(=C\c2ccc(-c3ccccc3Cl)o2)C(=O)N1CCOc1ccccc1Cl.